The molecule has 2 aromatic carbocycles. The lowest BCUT2D eigenvalue weighted by Gasteiger charge is -2.09. The third kappa shape index (κ3) is 4.17. The molecule has 0 bridgehead atoms. The quantitative estimate of drug-likeness (QED) is 0.508. The predicted octanol–water partition coefficient (Wildman–Crippen LogP) is 3.84. The molecule has 2 heterocycles. The van der Waals surface area contributed by atoms with E-state index in [1.807, 2.05) is 48.5 Å². The Morgan fingerprint density at radius 3 is 2.74 bits per heavy atom. The van der Waals surface area contributed by atoms with E-state index in [0.29, 0.717) is 28.9 Å². The van der Waals surface area contributed by atoms with E-state index in [-0.39, 0.29) is 11.7 Å². The van der Waals surface area contributed by atoms with Gasteiger partial charge < -0.3 is 14.3 Å². The standard InChI is InChI=1S/C19H16N4O3S/c1-12-20-18(26-23-12)10-13-6-2-3-7-14(13)21-17(24)11-27-19-22-15-8-4-5-9-16(15)25-19/h2-9H,10-11H2,1H3,(H,21,24). The zero-order valence-corrected chi connectivity index (χ0v) is 15.3. The maximum absolute atomic E-state index is 12.4. The van der Waals surface area contributed by atoms with Gasteiger partial charge >= 0.3 is 0 Å². The molecule has 1 N–H and O–H groups in total. The number of aryl methyl sites for hydroxylation is 1. The number of carbonyl (C=O) groups is 1. The number of nitrogens with zero attached hydrogens (tertiary/aromatic N) is 3. The summed E-state index contributed by atoms with van der Waals surface area (Å²) in [5.74, 6) is 1.15. The molecule has 4 aromatic rings. The minimum atomic E-state index is -0.142. The number of carbonyl (C=O) groups excluding carboxylic acids is 1. The van der Waals surface area contributed by atoms with E-state index in [1.54, 1.807) is 6.92 Å². The molecule has 2 aromatic heterocycles. The van der Waals surface area contributed by atoms with Crippen LogP contribution in [0.15, 0.2) is 62.7 Å². The van der Waals surface area contributed by atoms with Crippen molar-refractivity contribution in [3.8, 4) is 0 Å². The molecule has 0 aliphatic heterocycles. The molecule has 0 aliphatic carbocycles. The highest BCUT2D eigenvalue weighted by Gasteiger charge is 2.12. The van der Waals surface area contributed by atoms with Crippen molar-refractivity contribution in [2.24, 2.45) is 0 Å². The summed E-state index contributed by atoms with van der Waals surface area (Å²) < 4.78 is 10.8. The molecule has 0 atom stereocenters. The summed E-state index contributed by atoms with van der Waals surface area (Å²) in [6, 6.07) is 15.0. The molecular formula is C19H16N4O3S. The van der Waals surface area contributed by atoms with Crippen LogP contribution in [-0.4, -0.2) is 26.8 Å². The lowest BCUT2D eigenvalue weighted by molar-refractivity contribution is -0.113. The van der Waals surface area contributed by atoms with Crippen molar-refractivity contribution in [3.05, 3.63) is 65.8 Å². The molecule has 7 nitrogen and oxygen atoms in total. The number of hydrogen-bond acceptors (Lipinski definition) is 7. The average molecular weight is 380 g/mol. The number of benzene rings is 2. The molecule has 4 rings (SSSR count). The average Bonchev–Trinajstić information content (AvgIpc) is 3.27. The van der Waals surface area contributed by atoms with Gasteiger partial charge in [0.25, 0.3) is 5.22 Å². The zero-order chi connectivity index (χ0) is 18.6. The van der Waals surface area contributed by atoms with Crippen LogP contribution in [-0.2, 0) is 11.2 Å². The lowest BCUT2D eigenvalue weighted by Crippen LogP contribution is -2.15. The Bertz CT molecular complexity index is 1060. The second-order valence-corrected chi connectivity index (χ2v) is 6.78. The molecule has 0 saturated heterocycles. The van der Waals surface area contributed by atoms with Crippen LogP contribution in [0, 0.1) is 6.92 Å². The Hall–Kier alpha value is -3.13. The Labute approximate surface area is 159 Å². The number of thioether (sulfide) groups is 1. The van der Waals surface area contributed by atoms with Crippen molar-refractivity contribution in [3.63, 3.8) is 0 Å². The normalized spacial score (nSPS) is 11.0. The number of oxazole rings is 1. The summed E-state index contributed by atoms with van der Waals surface area (Å²) in [6.07, 6.45) is 0.454. The third-order valence-electron chi connectivity index (χ3n) is 3.80. The first-order valence-electron chi connectivity index (χ1n) is 8.33. The monoisotopic (exact) mass is 380 g/mol. The molecule has 1 amide bonds. The summed E-state index contributed by atoms with van der Waals surface area (Å²) in [6.45, 7) is 1.77. The lowest BCUT2D eigenvalue weighted by atomic mass is 10.1. The second kappa shape index (κ2) is 7.63. The Balaban J connectivity index is 1.40. The Morgan fingerprint density at radius 1 is 1.11 bits per heavy atom. The van der Waals surface area contributed by atoms with Crippen molar-refractivity contribution in [1.29, 1.82) is 0 Å². The van der Waals surface area contributed by atoms with Gasteiger partial charge in [0.15, 0.2) is 11.4 Å². The first-order chi connectivity index (χ1) is 13.2. The summed E-state index contributed by atoms with van der Waals surface area (Å²) in [5, 5.41) is 7.19. The number of nitrogens with one attached hydrogen (secondary N) is 1. The summed E-state index contributed by atoms with van der Waals surface area (Å²) >= 11 is 1.26. The number of hydrogen-bond donors (Lipinski definition) is 1. The van der Waals surface area contributed by atoms with Gasteiger partial charge in [0, 0.05) is 5.69 Å². The number of fused-ring (bicyclic) bond motifs is 1. The fraction of sp³-hybridized carbons (Fsp3) is 0.158. The third-order valence-corrected chi connectivity index (χ3v) is 4.63. The van der Waals surface area contributed by atoms with Crippen molar-refractivity contribution in [1.82, 2.24) is 15.1 Å². The van der Waals surface area contributed by atoms with Crippen LogP contribution in [0.5, 0.6) is 0 Å². The van der Waals surface area contributed by atoms with E-state index in [9.17, 15) is 4.79 Å². The van der Waals surface area contributed by atoms with Gasteiger partial charge in [-0.15, -0.1) is 0 Å². The van der Waals surface area contributed by atoms with Crippen LogP contribution in [0.4, 0.5) is 5.69 Å². The molecule has 0 saturated carbocycles. The smallest absolute Gasteiger partial charge is 0.257 e. The molecule has 0 spiro atoms. The van der Waals surface area contributed by atoms with Crippen LogP contribution in [0.1, 0.15) is 17.3 Å². The highest BCUT2D eigenvalue weighted by Crippen LogP contribution is 2.24. The van der Waals surface area contributed by atoms with Gasteiger partial charge in [-0.1, -0.05) is 47.3 Å². The van der Waals surface area contributed by atoms with Crippen molar-refractivity contribution >= 4 is 34.5 Å². The maximum atomic E-state index is 12.4. The van der Waals surface area contributed by atoms with Crippen LogP contribution in [0.2, 0.25) is 0 Å². The number of anilines is 1. The molecule has 0 fully saturated rings. The number of amides is 1. The number of para-hydroxylation sites is 3. The number of aromatic nitrogens is 3. The van der Waals surface area contributed by atoms with E-state index in [0.717, 1.165) is 16.8 Å². The first kappa shape index (κ1) is 17.3. The molecule has 27 heavy (non-hydrogen) atoms. The van der Waals surface area contributed by atoms with Crippen LogP contribution in [0.25, 0.3) is 11.1 Å². The highest BCUT2D eigenvalue weighted by molar-refractivity contribution is 7.99. The van der Waals surface area contributed by atoms with Gasteiger partial charge in [-0.3, -0.25) is 4.79 Å². The van der Waals surface area contributed by atoms with E-state index in [1.165, 1.54) is 11.8 Å². The van der Waals surface area contributed by atoms with Crippen LogP contribution >= 0.6 is 11.8 Å². The largest absolute Gasteiger partial charge is 0.431 e. The molecule has 0 radical (unpaired) electrons. The van der Waals surface area contributed by atoms with Crippen LogP contribution < -0.4 is 5.32 Å². The van der Waals surface area contributed by atoms with E-state index < -0.39 is 0 Å². The van der Waals surface area contributed by atoms with E-state index >= 15 is 0 Å². The summed E-state index contributed by atoms with van der Waals surface area (Å²) in [5.41, 5.74) is 3.11. The van der Waals surface area contributed by atoms with Gasteiger partial charge in [-0.2, -0.15) is 4.98 Å². The fourth-order valence-corrected chi connectivity index (χ4v) is 3.24. The molecule has 0 aliphatic rings. The fourth-order valence-electron chi connectivity index (χ4n) is 2.60. The SMILES string of the molecule is Cc1noc(Cc2ccccc2NC(=O)CSc2nc3ccccc3o2)n1. The minimum absolute atomic E-state index is 0.142. The van der Waals surface area contributed by atoms with Crippen molar-refractivity contribution in [2.45, 2.75) is 18.6 Å². The second-order valence-electron chi connectivity index (χ2n) is 5.85. The Morgan fingerprint density at radius 2 is 1.93 bits per heavy atom. The van der Waals surface area contributed by atoms with Gasteiger partial charge in [-0.25, -0.2) is 4.98 Å². The molecule has 8 heteroatoms. The van der Waals surface area contributed by atoms with Crippen LogP contribution in [0.3, 0.4) is 0 Å². The van der Waals surface area contributed by atoms with Gasteiger partial charge in [0.1, 0.15) is 5.52 Å². The van der Waals surface area contributed by atoms with E-state index in [4.69, 9.17) is 8.94 Å². The number of rotatable bonds is 6. The minimum Gasteiger partial charge on any atom is -0.431 e. The first-order valence-corrected chi connectivity index (χ1v) is 9.31. The topological polar surface area (TPSA) is 94.1 Å². The summed E-state index contributed by atoms with van der Waals surface area (Å²) in [7, 11) is 0. The van der Waals surface area contributed by atoms with Crippen molar-refractivity contribution < 1.29 is 13.7 Å². The highest BCUT2D eigenvalue weighted by atomic mass is 32.2. The molecule has 0 unspecified atom stereocenters. The van der Waals surface area contributed by atoms with E-state index in [2.05, 4.69) is 20.4 Å². The molecular weight excluding hydrogens is 364 g/mol. The van der Waals surface area contributed by atoms with Gasteiger partial charge in [0.2, 0.25) is 11.8 Å². The molecule has 136 valence electrons. The Kier molecular flexibility index (Phi) is 4.88. The maximum Gasteiger partial charge on any atom is 0.257 e. The predicted molar refractivity (Wildman–Crippen MR) is 102 cm³/mol. The van der Waals surface area contributed by atoms with Gasteiger partial charge in [0.05, 0.1) is 12.2 Å². The van der Waals surface area contributed by atoms with Crippen molar-refractivity contribution in [2.75, 3.05) is 11.1 Å². The van der Waals surface area contributed by atoms with Gasteiger partial charge in [-0.05, 0) is 30.7 Å². The zero-order valence-electron chi connectivity index (χ0n) is 14.5. The summed E-state index contributed by atoms with van der Waals surface area (Å²) in [4.78, 5) is 20.9.